The molecule has 1 aliphatic heterocycles. The minimum atomic E-state index is -4.38. The third kappa shape index (κ3) is 2.27. The zero-order valence-electron chi connectivity index (χ0n) is 9.75. The van der Waals surface area contributed by atoms with E-state index in [0.717, 1.165) is 12.1 Å². The van der Waals surface area contributed by atoms with Crippen LogP contribution in [0.15, 0.2) is 24.3 Å². The smallest absolute Gasteiger partial charge is 0.424 e. The topological polar surface area (TPSA) is 35.5 Å². The Labute approximate surface area is 102 Å². The van der Waals surface area contributed by atoms with E-state index in [0.29, 0.717) is 5.56 Å². The molecule has 6 heteroatoms. The van der Waals surface area contributed by atoms with E-state index in [1.807, 2.05) is 0 Å². The highest BCUT2D eigenvalue weighted by Gasteiger charge is 2.45. The Hall–Kier alpha value is -1.72. The Morgan fingerprint density at radius 1 is 1.17 bits per heavy atom. The van der Waals surface area contributed by atoms with E-state index in [-0.39, 0.29) is 0 Å². The number of rotatable bonds is 1. The summed E-state index contributed by atoms with van der Waals surface area (Å²) in [5, 5.41) is 0. The molecular formula is C12H11F3O3. The van der Waals surface area contributed by atoms with Gasteiger partial charge in [0.15, 0.2) is 11.7 Å². The van der Waals surface area contributed by atoms with Crippen LogP contribution >= 0.6 is 0 Å². The van der Waals surface area contributed by atoms with Crippen molar-refractivity contribution in [1.29, 1.82) is 0 Å². The van der Waals surface area contributed by atoms with Crippen LogP contribution in [0.5, 0.6) is 0 Å². The largest absolute Gasteiger partial charge is 0.509 e. The maximum atomic E-state index is 12.4. The van der Waals surface area contributed by atoms with Crippen LogP contribution in [0.3, 0.4) is 0 Å². The SMILES string of the molecule is CC1(C)OC(=O)OC1c1ccc(C(F)(F)F)cc1. The zero-order chi connectivity index (χ0) is 13.6. The number of halogens is 3. The fourth-order valence-electron chi connectivity index (χ4n) is 1.85. The second-order valence-electron chi connectivity index (χ2n) is 4.57. The van der Waals surface area contributed by atoms with Gasteiger partial charge in [-0.05, 0) is 31.5 Å². The van der Waals surface area contributed by atoms with E-state index >= 15 is 0 Å². The quantitative estimate of drug-likeness (QED) is 0.722. The van der Waals surface area contributed by atoms with Gasteiger partial charge in [-0.15, -0.1) is 0 Å². The van der Waals surface area contributed by atoms with Crippen molar-refractivity contribution in [3.63, 3.8) is 0 Å². The molecule has 0 amide bonds. The van der Waals surface area contributed by atoms with Crippen molar-refractivity contribution in [3.05, 3.63) is 35.4 Å². The van der Waals surface area contributed by atoms with E-state index in [9.17, 15) is 18.0 Å². The lowest BCUT2D eigenvalue weighted by molar-refractivity contribution is -0.137. The van der Waals surface area contributed by atoms with Crippen LogP contribution in [0.25, 0.3) is 0 Å². The van der Waals surface area contributed by atoms with Gasteiger partial charge in [0.1, 0.15) is 0 Å². The number of hydrogen-bond acceptors (Lipinski definition) is 3. The first-order valence-electron chi connectivity index (χ1n) is 5.27. The standard InChI is InChI=1S/C12H11F3O3/c1-11(2)9(17-10(16)18-11)7-3-5-8(6-4-7)12(13,14)15/h3-6,9H,1-2H3. The Morgan fingerprint density at radius 3 is 2.11 bits per heavy atom. The summed E-state index contributed by atoms with van der Waals surface area (Å²) < 4.78 is 47.1. The Morgan fingerprint density at radius 2 is 1.72 bits per heavy atom. The van der Waals surface area contributed by atoms with E-state index in [1.54, 1.807) is 13.8 Å². The molecule has 2 rings (SSSR count). The van der Waals surface area contributed by atoms with Gasteiger partial charge in [0, 0.05) is 0 Å². The van der Waals surface area contributed by atoms with Crippen molar-refractivity contribution in [2.75, 3.05) is 0 Å². The van der Waals surface area contributed by atoms with Crippen LogP contribution < -0.4 is 0 Å². The summed E-state index contributed by atoms with van der Waals surface area (Å²) in [5.74, 6) is 0. The highest BCUT2D eigenvalue weighted by molar-refractivity contribution is 5.63. The minimum Gasteiger partial charge on any atom is -0.424 e. The highest BCUT2D eigenvalue weighted by Crippen LogP contribution is 2.39. The zero-order valence-corrected chi connectivity index (χ0v) is 9.75. The van der Waals surface area contributed by atoms with Gasteiger partial charge in [0.05, 0.1) is 5.56 Å². The van der Waals surface area contributed by atoms with E-state index in [1.165, 1.54) is 12.1 Å². The van der Waals surface area contributed by atoms with E-state index < -0.39 is 29.6 Å². The number of cyclic esters (lactones) is 2. The van der Waals surface area contributed by atoms with Crippen molar-refractivity contribution in [2.24, 2.45) is 0 Å². The molecule has 0 aliphatic carbocycles. The molecule has 0 N–H and O–H groups in total. The molecule has 3 nitrogen and oxygen atoms in total. The van der Waals surface area contributed by atoms with Gasteiger partial charge in [-0.25, -0.2) is 4.79 Å². The normalized spacial score (nSPS) is 22.5. The van der Waals surface area contributed by atoms with Crippen LogP contribution in [-0.4, -0.2) is 11.8 Å². The van der Waals surface area contributed by atoms with Gasteiger partial charge in [-0.2, -0.15) is 13.2 Å². The maximum Gasteiger partial charge on any atom is 0.509 e. The maximum absolute atomic E-state index is 12.4. The number of carbonyl (C=O) groups excluding carboxylic acids is 1. The Bertz CT molecular complexity index is 462. The molecule has 0 saturated carbocycles. The summed E-state index contributed by atoms with van der Waals surface area (Å²) in [6.07, 6.45) is -5.89. The molecule has 1 aliphatic rings. The molecule has 1 aromatic rings. The number of hydrogen-bond donors (Lipinski definition) is 0. The average molecular weight is 260 g/mol. The van der Waals surface area contributed by atoms with Crippen molar-refractivity contribution in [1.82, 2.24) is 0 Å². The molecule has 1 unspecified atom stereocenters. The molecule has 1 fully saturated rings. The number of ether oxygens (including phenoxy) is 2. The first kappa shape index (κ1) is 12.7. The minimum absolute atomic E-state index is 0.471. The summed E-state index contributed by atoms with van der Waals surface area (Å²) >= 11 is 0. The highest BCUT2D eigenvalue weighted by atomic mass is 19.4. The van der Waals surface area contributed by atoms with Gasteiger partial charge in [-0.1, -0.05) is 12.1 Å². The first-order chi connectivity index (χ1) is 8.20. The van der Waals surface area contributed by atoms with Gasteiger partial charge < -0.3 is 9.47 Å². The lowest BCUT2D eigenvalue weighted by Crippen LogP contribution is -2.26. The average Bonchev–Trinajstić information content (AvgIpc) is 2.51. The number of carbonyl (C=O) groups is 1. The summed E-state index contributed by atoms with van der Waals surface area (Å²) in [4.78, 5) is 11.0. The molecule has 98 valence electrons. The van der Waals surface area contributed by atoms with Crippen LogP contribution in [-0.2, 0) is 15.7 Å². The molecule has 1 saturated heterocycles. The summed E-state index contributed by atoms with van der Waals surface area (Å²) in [5.41, 5.74) is -1.16. The first-order valence-corrected chi connectivity index (χ1v) is 5.27. The fourth-order valence-corrected chi connectivity index (χ4v) is 1.85. The molecule has 0 bridgehead atoms. The van der Waals surface area contributed by atoms with Crippen molar-refractivity contribution in [2.45, 2.75) is 31.7 Å². The predicted molar refractivity (Wildman–Crippen MR) is 55.8 cm³/mol. The van der Waals surface area contributed by atoms with Crippen LogP contribution in [0, 0.1) is 0 Å². The molecule has 0 radical (unpaired) electrons. The number of alkyl halides is 3. The Balaban J connectivity index is 2.28. The van der Waals surface area contributed by atoms with Gasteiger partial charge >= 0.3 is 12.3 Å². The van der Waals surface area contributed by atoms with Crippen LogP contribution in [0.4, 0.5) is 18.0 Å². The third-order valence-corrected chi connectivity index (χ3v) is 2.73. The molecule has 0 aromatic heterocycles. The lowest BCUT2D eigenvalue weighted by Gasteiger charge is -2.22. The van der Waals surface area contributed by atoms with E-state index in [2.05, 4.69) is 0 Å². The molecule has 0 spiro atoms. The Kier molecular flexibility index (Phi) is 2.76. The second-order valence-corrected chi connectivity index (χ2v) is 4.57. The third-order valence-electron chi connectivity index (χ3n) is 2.73. The lowest BCUT2D eigenvalue weighted by atomic mass is 9.94. The van der Waals surface area contributed by atoms with Crippen LogP contribution in [0.1, 0.15) is 31.1 Å². The predicted octanol–water partition coefficient (Wildman–Crippen LogP) is 3.69. The number of benzene rings is 1. The molecule has 1 heterocycles. The van der Waals surface area contributed by atoms with Gasteiger partial charge in [0.2, 0.25) is 0 Å². The summed E-state index contributed by atoms with van der Waals surface area (Å²) in [7, 11) is 0. The monoisotopic (exact) mass is 260 g/mol. The summed E-state index contributed by atoms with van der Waals surface area (Å²) in [6.45, 7) is 3.28. The molecule has 1 atom stereocenters. The van der Waals surface area contributed by atoms with Crippen molar-refractivity contribution < 1.29 is 27.4 Å². The molecule has 1 aromatic carbocycles. The van der Waals surface area contributed by atoms with Gasteiger partial charge in [0.25, 0.3) is 0 Å². The summed E-state index contributed by atoms with van der Waals surface area (Å²) in [6, 6.07) is 4.49. The van der Waals surface area contributed by atoms with E-state index in [4.69, 9.17) is 9.47 Å². The molecular weight excluding hydrogens is 249 g/mol. The second kappa shape index (κ2) is 3.90. The van der Waals surface area contributed by atoms with Crippen molar-refractivity contribution >= 4 is 6.16 Å². The fraction of sp³-hybridized carbons (Fsp3) is 0.417. The van der Waals surface area contributed by atoms with Crippen LogP contribution in [0.2, 0.25) is 0 Å². The molecule has 18 heavy (non-hydrogen) atoms. The van der Waals surface area contributed by atoms with Crippen molar-refractivity contribution in [3.8, 4) is 0 Å². The van der Waals surface area contributed by atoms with Gasteiger partial charge in [-0.3, -0.25) is 0 Å².